The Morgan fingerprint density at radius 3 is 3.00 bits per heavy atom. The lowest BCUT2D eigenvalue weighted by Crippen LogP contribution is -2.27. The van der Waals surface area contributed by atoms with Gasteiger partial charge in [-0.2, -0.15) is 5.26 Å². The second-order valence-corrected chi connectivity index (χ2v) is 5.11. The lowest BCUT2D eigenvalue weighted by molar-refractivity contribution is 0.0700. The Balaban J connectivity index is 2.04. The summed E-state index contributed by atoms with van der Waals surface area (Å²) in [5.41, 5.74) is 0.868. The molecule has 0 atom stereocenters. The summed E-state index contributed by atoms with van der Waals surface area (Å²) in [6.45, 7) is 1.38. The highest BCUT2D eigenvalue weighted by atomic mass is 32.1. The van der Waals surface area contributed by atoms with Crippen LogP contribution >= 0.6 is 11.3 Å². The van der Waals surface area contributed by atoms with E-state index in [9.17, 15) is 4.79 Å². The average Bonchev–Trinajstić information content (AvgIpc) is 3.03. The van der Waals surface area contributed by atoms with Gasteiger partial charge in [-0.05, 0) is 29.9 Å². The topological polar surface area (TPSA) is 64.3 Å². The van der Waals surface area contributed by atoms with E-state index in [1.165, 1.54) is 11.3 Å². The number of rotatable bonds is 6. The standard InChI is InChI=1S/C12H14N2O2S/c13-5-1-6-14(10-2-3-10)8-9-4-7-17-11(9)12(15)16/h4,7,10H,1-3,6,8H2,(H,15,16). The molecule has 4 nitrogen and oxygen atoms in total. The van der Waals surface area contributed by atoms with Gasteiger partial charge in [-0.25, -0.2) is 4.79 Å². The van der Waals surface area contributed by atoms with Gasteiger partial charge in [0.15, 0.2) is 0 Å². The third-order valence-corrected chi connectivity index (χ3v) is 3.83. The summed E-state index contributed by atoms with van der Waals surface area (Å²) in [7, 11) is 0. The van der Waals surface area contributed by atoms with Crippen LogP contribution in [0.2, 0.25) is 0 Å². The molecular formula is C12H14N2O2S. The molecule has 0 spiro atoms. The third kappa shape index (κ3) is 3.05. The van der Waals surface area contributed by atoms with Crippen LogP contribution in [0.4, 0.5) is 0 Å². The molecule has 1 aliphatic rings. The first kappa shape index (κ1) is 12.1. The predicted octanol–water partition coefficient (Wildman–Crippen LogP) is 2.32. The third-order valence-electron chi connectivity index (χ3n) is 2.89. The highest BCUT2D eigenvalue weighted by Crippen LogP contribution is 2.29. The van der Waals surface area contributed by atoms with Crippen molar-refractivity contribution in [3.05, 3.63) is 21.9 Å². The van der Waals surface area contributed by atoms with Crippen LogP contribution in [0.15, 0.2) is 11.4 Å². The van der Waals surface area contributed by atoms with Gasteiger partial charge in [-0.1, -0.05) is 0 Å². The number of nitrogens with zero attached hydrogens (tertiary/aromatic N) is 2. The zero-order valence-electron chi connectivity index (χ0n) is 9.43. The van der Waals surface area contributed by atoms with Gasteiger partial charge in [0.05, 0.1) is 6.07 Å². The van der Waals surface area contributed by atoms with Crippen molar-refractivity contribution >= 4 is 17.3 Å². The van der Waals surface area contributed by atoms with E-state index >= 15 is 0 Å². The molecule has 0 bridgehead atoms. The predicted molar refractivity (Wildman–Crippen MR) is 64.9 cm³/mol. The number of aromatic carboxylic acids is 1. The van der Waals surface area contributed by atoms with Gasteiger partial charge in [0.25, 0.3) is 0 Å². The number of hydrogen-bond donors (Lipinski definition) is 1. The van der Waals surface area contributed by atoms with Crippen molar-refractivity contribution in [3.8, 4) is 6.07 Å². The molecule has 1 N–H and O–H groups in total. The van der Waals surface area contributed by atoms with Gasteiger partial charge < -0.3 is 5.11 Å². The zero-order chi connectivity index (χ0) is 12.3. The van der Waals surface area contributed by atoms with Gasteiger partial charge in [0, 0.05) is 25.6 Å². The van der Waals surface area contributed by atoms with E-state index < -0.39 is 5.97 Å². The number of carboxylic acids is 1. The summed E-state index contributed by atoms with van der Waals surface area (Å²) >= 11 is 1.26. The van der Waals surface area contributed by atoms with Gasteiger partial charge in [0.1, 0.15) is 4.88 Å². The van der Waals surface area contributed by atoms with E-state index in [0.29, 0.717) is 23.9 Å². The lowest BCUT2D eigenvalue weighted by atomic mass is 10.2. The summed E-state index contributed by atoms with van der Waals surface area (Å²) in [6, 6.07) is 4.56. The SMILES string of the molecule is N#CCCN(Cc1ccsc1C(=O)O)C1CC1. The molecule has 0 radical (unpaired) electrons. The molecular weight excluding hydrogens is 236 g/mol. The van der Waals surface area contributed by atoms with Crippen LogP contribution in [0, 0.1) is 11.3 Å². The first-order chi connectivity index (χ1) is 8.22. The summed E-state index contributed by atoms with van der Waals surface area (Å²) in [5, 5.41) is 19.5. The number of thiophene rings is 1. The monoisotopic (exact) mass is 250 g/mol. The number of hydrogen-bond acceptors (Lipinski definition) is 4. The van der Waals surface area contributed by atoms with Crippen molar-refractivity contribution in [1.82, 2.24) is 4.90 Å². The Bertz CT molecular complexity index is 446. The Labute approximate surface area is 104 Å². The van der Waals surface area contributed by atoms with E-state index in [-0.39, 0.29) is 0 Å². The minimum absolute atomic E-state index is 0.424. The largest absolute Gasteiger partial charge is 0.477 e. The van der Waals surface area contributed by atoms with Crippen LogP contribution in [0.25, 0.3) is 0 Å². The number of nitriles is 1. The van der Waals surface area contributed by atoms with Crippen molar-refractivity contribution in [2.45, 2.75) is 31.8 Å². The Morgan fingerprint density at radius 2 is 2.41 bits per heavy atom. The molecule has 5 heteroatoms. The van der Waals surface area contributed by atoms with Crippen LogP contribution in [-0.4, -0.2) is 28.6 Å². The number of carboxylic acid groups (broad SMARTS) is 1. The molecule has 2 rings (SSSR count). The number of carbonyl (C=O) groups is 1. The highest BCUT2D eigenvalue weighted by Gasteiger charge is 2.29. The second-order valence-electron chi connectivity index (χ2n) is 4.19. The molecule has 0 amide bonds. The molecule has 1 saturated carbocycles. The normalized spacial score (nSPS) is 14.8. The molecule has 0 aliphatic heterocycles. The van der Waals surface area contributed by atoms with Gasteiger partial charge in [0.2, 0.25) is 0 Å². The second kappa shape index (κ2) is 5.30. The van der Waals surface area contributed by atoms with E-state index in [2.05, 4.69) is 11.0 Å². The van der Waals surface area contributed by atoms with Crippen molar-refractivity contribution in [3.63, 3.8) is 0 Å². The zero-order valence-corrected chi connectivity index (χ0v) is 10.2. The van der Waals surface area contributed by atoms with Crippen molar-refractivity contribution in [2.75, 3.05) is 6.54 Å². The minimum atomic E-state index is -0.856. The van der Waals surface area contributed by atoms with Gasteiger partial charge in [-0.3, -0.25) is 4.90 Å². The maximum absolute atomic E-state index is 11.0. The van der Waals surface area contributed by atoms with E-state index in [1.54, 1.807) is 0 Å². The molecule has 1 aromatic heterocycles. The quantitative estimate of drug-likeness (QED) is 0.841. The summed E-state index contributed by atoms with van der Waals surface area (Å²) < 4.78 is 0. The summed E-state index contributed by atoms with van der Waals surface area (Å²) in [6.07, 6.45) is 2.83. The van der Waals surface area contributed by atoms with Crippen molar-refractivity contribution in [1.29, 1.82) is 5.26 Å². The molecule has 0 aromatic carbocycles. The Morgan fingerprint density at radius 1 is 1.65 bits per heavy atom. The first-order valence-electron chi connectivity index (χ1n) is 5.63. The molecule has 1 fully saturated rings. The smallest absolute Gasteiger partial charge is 0.346 e. The fraction of sp³-hybridized carbons (Fsp3) is 0.500. The lowest BCUT2D eigenvalue weighted by Gasteiger charge is -2.20. The average molecular weight is 250 g/mol. The molecule has 90 valence electrons. The summed E-state index contributed by atoms with van der Waals surface area (Å²) in [4.78, 5) is 13.6. The fourth-order valence-electron chi connectivity index (χ4n) is 1.89. The fourth-order valence-corrected chi connectivity index (χ4v) is 2.64. The van der Waals surface area contributed by atoms with Crippen LogP contribution in [-0.2, 0) is 6.54 Å². The minimum Gasteiger partial charge on any atom is -0.477 e. The van der Waals surface area contributed by atoms with Crippen LogP contribution in [0.3, 0.4) is 0 Å². The maximum atomic E-state index is 11.0. The first-order valence-corrected chi connectivity index (χ1v) is 6.51. The molecule has 0 saturated heterocycles. The molecule has 17 heavy (non-hydrogen) atoms. The van der Waals surface area contributed by atoms with Crippen LogP contribution < -0.4 is 0 Å². The van der Waals surface area contributed by atoms with Crippen LogP contribution in [0.5, 0.6) is 0 Å². The highest BCUT2D eigenvalue weighted by molar-refractivity contribution is 7.12. The van der Waals surface area contributed by atoms with Crippen molar-refractivity contribution in [2.24, 2.45) is 0 Å². The Hall–Kier alpha value is -1.38. The van der Waals surface area contributed by atoms with E-state index in [0.717, 1.165) is 24.9 Å². The van der Waals surface area contributed by atoms with Crippen LogP contribution in [0.1, 0.15) is 34.5 Å². The Kier molecular flexibility index (Phi) is 3.77. The van der Waals surface area contributed by atoms with Gasteiger partial charge in [-0.15, -0.1) is 11.3 Å². The molecule has 1 heterocycles. The van der Waals surface area contributed by atoms with Crippen molar-refractivity contribution < 1.29 is 9.90 Å². The van der Waals surface area contributed by atoms with E-state index in [4.69, 9.17) is 10.4 Å². The van der Waals surface area contributed by atoms with E-state index in [1.807, 2.05) is 11.4 Å². The summed E-state index contributed by atoms with van der Waals surface area (Å²) in [5.74, 6) is -0.856. The molecule has 0 unspecified atom stereocenters. The maximum Gasteiger partial charge on any atom is 0.346 e. The van der Waals surface area contributed by atoms with Gasteiger partial charge >= 0.3 is 5.97 Å². The molecule has 1 aliphatic carbocycles. The molecule has 1 aromatic rings.